The van der Waals surface area contributed by atoms with Crippen LogP contribution in [0, 0.1) is 0 Å². The maximum Gasteiger partial charge on any atom is 0.338 e. The Hall–Kier alpha value is -1.40. The molecule has 0 spiro atoms. The second kappa shape index (κ2) is 12.9. The van der Waals surface area contributed by atoms with E-state index in [2.05, 4.69) is 45.5 Å². The van der Waals surface area contributed by atoms with Crippen LogP contribution < -0.4 is 0 Å². The van der Waals surface area contributed by atoms with E-state index < -0.39 is 20.3 Å². The minimum absolute atomic E-state index is 0.0916. The highest BCUT2D eigenvalue weighted by molar-refractivity contribution is 6.74. The van der Waals surface area contributed by atoms with E-state index in [4.69, 9.17) is 9.16 Å². The first-order valence-electron chi connectivity index (χ1n) is 10.2. The van der Waals surface area contributed by atoms with Crippen LogP contribution in [-0.4, -0.2) is 40.6 Å². The molecule has 0 amide bonds. The summed E-state index contributed by atoms with van der Waals surface area (Å²) in [5.74, 6) is -1.16. The number of unbranched alkanes of at least 4 members (excludes halogenated alkanes) is 4. The van der Waals surface area contributed by atoms with Gasteiger partial charge in [-0.05, 0) is 30.6 Å². The van der Waals surface area contributed by atoms with E-state index in [1.54, 1.807) is 6.08 Å². The third-order valence-electron chi connectivity index (χ3n) is 5.23. The normalized spacial score (nSPS) is 14.2. The van der Waals surface area contributed by atoms with Crippen molar-refractivity contribution in [1.82, 2.24) is 0 Å². The summed E-state index contributed by atoms with van der Waals surface area (Å²) in [6.45, 7) is 13.3. The number of hydrogen-bond acceptors (Lipinski definition) is 5. The van der Waals surface area contributed by atoms with E-state index in [0.717, 1.165) is 18.9 Å². The maximum absolute atomic E-state index is 12.0. The number of carbonyl (C=O) groups excluding carboxylic acids is 2. The zero-order valence-electron chi connectivity index (χ0n) is 19.1. The lowest BCUT2D eigenvalue weighted by atomic mass is 10.1. The van der Waals surface area contributed by atoms with E-state index in [1.807, 2.05) is 6.08 Å². The molecule has 0 aliphatic rings. The van der Waals surface area contributed by atoms with Gasteiger partial charge in [0.2, 0.25) is 0 Å². The lowest BCUT2D eigenvalue weighted by Crippen LogP contribution is -2.43. The summed E-state index contributed by atoms with van der Waals surface area (Å²) in [4.78, 5) is 23.5. The first kappa shape index (κ1) is 26.6. The van der Waals surface area contributed by atoms with E-state index in [-0.39, 0.29) is 16.7 Å². The summed E-state index contributed by atoms with van der Waals surface area (Å²) in [7, 11) is 0.597. The van der Waals surface area contributed by atoms with Crippen LogP contribution in [0.15, 0.2) is 23.8 Å². The van der Waals surface area contributed by atoms with Crippen LogP contribution in [0.2, 0.25) is 18.1 Å². The van der Waals surface area contributed by atoms with Crippen molar-refractivity contribution in [2.75, 3.05) is 14.2 Å². The summed E-state index contributed by atoms with van der Waals surface area (Å²) < 4.78 is 16.0. The first-order valence-corrected chi connectivity index (χ1v) is 13.1. The van der Waals surface area contributed by atoms with Crippen molar-refractivity contribution >= 4 is 20.3 Å². The lowest BCUT2D eigenvalue weighted by molar-refractivity contribution is -0.138. The number of methoxy groups -OCH3 is 2. The zero-order chi connectivity index (χ0) is 21.8. The van der Waals surface area contributed by atoms with Gasteiger partial charge in [0, 0.05) is 6.08 Å². The predicted octanol–water partition coefficient (Wildman–Crippen LogP) is 5.57. The van der Waals surface area contributed by atoms with Crippen LogP contribution in [0.3, 0.4) is 0 Å². The Balaban J connectivity index is 5.39. The molecule has 162 valence electrons. The van der Waals surface area contributed by atoms with Crippen LogP contribution >= 0.6 is 0 Å². The molecule has 0 bridgehead atoms. The molecule has 0 saturated carbocycles. The second-order valence-corrected chi connectivity index (χ2v) is 13.3. The molecular weight excluding hydrogens is 372 g/mol. The molecule has 0 radical (unpaired) electrons. The van der Waals surface area contributed by atoms with Crippen molar-refractivity contribution < 1.29 is 23.5 Å². The van der Waals surface area contributed by atoms with Crippen molar-refractivity contribution in [1.29, 1.82) is 0 Å². The third kappa shape index (κ3) is 10.2. The Morgan fingerprint density at radius 3 is 2.11 bits per heavy atom. The van der Waals surface area contributed by atoms with E-state index in [9.17, 15) is 9.59 Å². The maximum atomic E-state index is 12.0. The minimum Gasteiger partial charge on any atom is -0.466 e. The van der Waals surface area contributed by atoms with Crippen molar-refractivity contribution in [3.05, 3.63) is 23.8 Å². The quantitative estimate of drug-likeness (QED) is 0.138. The summed E-state index contributed by atoms with van der Waals surface area (Å²) in [5, 5.41) is 0.0916. The smallest absolute Gasteiger partial charge is 0.338 e. The van der Waals surface area contributed by atoms with Crippen molar-refractivity contribution in [3.63, 3.8) is 0 Å². The molecule has 28 heavy (non-hydrogen) atoms. The largest absolute Gasteiger partial charge is 0.466 e. The fraction of sp³-hybridized carbons (Fsp3) is 0.727. The van der Waals surface area contributed by atoms with E-state index >= 15 is 0 Å². The van der Waals surface area contributed by atoms with Crippen LogP contribution in [-0.2, 0) is 23.5 Å². The summed E-state index contributed by atoms with van der Waals surface area (Å²) in [5.41, 5.74) is 0.157. The molecule has 0 heterocycles. The van der Waals surface area contributed by atoms with Gasteiger partial charge in [-0.25, -0.2) is 9.59 Å². The highest BCUT2D eigenvalue weighted by Crippen LogP contribution is 2.38. The van der Waals surface area contributed by atoms with Gasteiger partial charge in [0.15, 0.2) is 8.32 Å². The second-order valence-electron chi connectivity index (χ2n) is 8.59. The van der Waals surface area contributed by atoms with E-state index in [1.165, 1.54) is 39.9 Å². The molecule has 1 atom stereocenters. The fourth-order valence-electron chi connectivity index (χ4n) is 2.39. The fourth-order valence-corrected chi connectivity index (χ4v) is 3.70. The molecule has 0 aliphatic carbocycles. The molecule has 0 aromatic rings. The molecule has 0 rings (SSSR count). The van der Waals surface area contributed by atoms with Gasteiger partial charge in [0.05, 0.1) is 25.9 Å². The topological polar surface area (TPSA) is 61.8 Å². The van der Waals surface area contributed by atoms with Crippen LogP contribution in [0.1, 0.15) is 66.2 Å². The summed E-state index contributed by atoms with van der Waals surface area (Å²) in [6.07, 6.45) is 11.3. The highest BCUT2D eigenvalue weighted by atomic mass is 28.4. The molecular formula is C22H40O5Si. The highest BCUT2D eigenvalue weighted by Gasteiger charge is 2.38. The molecule has 0 aromatic carbocycles. The zero-order valence-corrected chi connectivity index (χ0v) is 20.1. The summed E-state index contributed by atoms with van der Waals surface area (Å²) >= 11 is 0. The standard InChI is InChI=1S/C22H40O5Si/c1-9-10-11-12-13-14-19(27-28(7,8)22(2,3)4)16-15-18(21(24)26-6)17-20(23)25-5/h15-17,19H,9-14H2,1-8H3/b16-15+,18-17-. The Labute approximate surface area is 172 Å². The van der Waals surface area contributed by atoms with E-state index in [0.29, 0.717) is 0 Å². The van der Waals surface area contributed by atoms with Gasteiger partial charge in [-0.2, -0.15) is 0 Å². The molecule has 1 unspecified atom stereocenters. The van der Waals surface area contributed by atoms with Gasteiger partial charge in [-0.15, -0.1) is 0 Å². The molecule has 0 fully saturated rings. The third-order valence-corrected chi connectivity index (χ3v) is 9.73. The number of esters is 2. The molecule has 0 N–H and O–H groups in total. The first-order chi connectivity index (χ1) is 13.0. The average molecular weight is 413 g/mol. The van der Waals surface area contributed by atoms with Gasteiger partial charge in [0.1, 0.15) is 0 Å². The molecule has 6 heteroatoms. The van der Waals surface area contributed by atoms with Gasteiger partial charge < -0.3 is 13.9 Å². The van der Waals surface area contributed by atoms with Crippen LogP contribution in [0.5, 0.6) is 0 Å². The van der Waals surface area contributed by atoms with Gasteiger partial charge >= 0.3 is 11.9 Å². The Morgan fingerprint density at radius 1 is 1.00 bits per heavy atom. The van der Waals surface area contributed by atoms with Crippen molar-refractivity contribution in [2.45, 2.75) is 90.5 Å². The van der Waals surface area contributed by atoms with Gasteiger partial charge in [-0.1, -0.05) is 65.9 Å². The number of rotatable bonds is 12. The molecule has 0 saturated heterocycles. The van der Waals surface area contributed by atoms with Gasteiger partial charge in [-0.3, -0.25) is 0 Å². The van der Waals surface area contributed by atoms with Crippen molar-refractivity contribution in [3.8, 4) is 0 Å². The number of carbonyl (C=O) groups is 2. The van der Waals surface area contributed by atoms with Gasteiger partial charge in [0.25, 0.3) is 0 Å². The van der Waals surface area contributed by atoms with Crippen molar-refractivity contribution in [2.24, 2.45) is 0 Å². The molecule has 0 aromatic heterocycles. The average Bonchev–Trinajstić information content (AvgIpc) is 2.62. The molecule has 5 nitrogen and oxygen atoms in total. The Bertz CT molecular complexity index is 544. The number of hydrogen-bond donors (Lipinski definition) is 0. The Morgan fingerprint density at radius 2 is 1.61 bits per heavy atom. The Kier molecular flexibility index (Phi) is 12.3. The monoisotopic (exact) mass is 412 g/mol. The minimum atomic E-state index is -1.97. The van der Waals surface area contributed by atoms with Crippen LogP contribution in [0.4, 0.5) is 0 Å². The SMILES string of the molecule is CCCCCCCC(/C=C/C(=C/C(=O)OC)C(=O)OC)O[Si](C)(C)C(C)(C)C. The molecule has 0 aliphatic heterocycles. The predicted molar refractivity (Wildman–Crippen MR) is 117 cm³/mol. The summed E-state index contributed by atoms with van der Waals surface area (Å²) in [6, 6.07) is 0. The van der Waals surface area contributed by atoms with Crippen LogP contribution in [0.25, 0.3) is 0 Å². The lowest BCUT2D eigenvalue weighted by Gasteiger charge is -2.38. The number of ether oxygens (including phenoxy) is 2.